The van der Waals surface area contributed by atoms with Crippen LogP contribution >= 0.6 is 17.0 Å². The number of fused-ring (bicyclic) bond motifs is 1. The van der Waals surface area contributed by atoms with Crippen molar-refractivity contribution in [1.29, 1.82) is 0 Å². The van der Waals surface area contributed by atoms with Gasteiger partial charge in [-0.25, -0.2) is 0 Å². The van der Waals surface area contributed by atoms with Gasteiger partial charge in [-0.3, -0.25) is 0 Å². The zero-order chi connectivity index (χ0) is 23.9. The summed E-state index contributed by atoms with van der Waals surface area (Å²) in [5.41, 5.74) is 11.4. The predicted molar refractivity (Wildman–Crippen MR) is 145 cm³/mol. The molecule has 0 N–H and O–H groups in total. The number of hydrogen-bond acceptors (Lipinski definition) is 0. The maximum atomic E-state index is 6.83. The first kappa shape index (κ1) is 23.8. The Morgan fingerprint density at radius 2 is 1.21 bits per heavy atom. The number of allylic oxidation sites excluding steroid dienone is 1. The molecule has 0 fully saturated rings. The van der Waals surface area contributed by atoms with Gasteiger partial charge in [0, 0.05) is 0 Å². The quantitative estimate of drug-likeness (QED) is 0.233. The van der Waals surface area contributed by atoms with Crippen LogP contribution < -0.4 is 0 Å². The van der Waals surface area contributed by atoms with Crippen LogP contribution in [0.3, 0.4) is 0 Å². The van der Waals surface area contributed by atoms with Crippen LogP contribution in [-0.2, 0) is 24.8 Å². The van der Waals surface area contributed by atoms with E-state index in [1.54, 1.807) is 0 Å². The molecule has 0 amide bonds. The molecule has 1 aliphatic rings. The van der Waals surface area contributed by atoms with Crippen molar-refractivity contribution < 1.29 is 19.4 Å². The fourth-order valence-electron chi connectivity index (χ4n) is 5.05. The van der Waals surface area contributed by atoms with Gasteiger partial charge >= 0.3 is 219 Å². The summed E-state index contributed by atoms with van der Waals surface area (Å²) in [6.45, 7) is 6.88. The van der Waals surface area contributed by atoms with Crippen molar-refractivity contribution in [2.45, 2.75) is 29.8 Å². The molecule has 3 heteroatoms. The zero-order valence-electron chi connectivity index (χ0n) is 19.6. The SMILES string of the molecule is CC(C)(C)c1ccc2c(c1-c1ccccc1-c1ccccc1)C=C(c1ccccc1)[CH]2[Zr]([Cl])[Cl]. The Morgan fingerprint density at radius 3 is 1.79 bits per heavy atom. The molecule has 0 aliphatic heterocycles. The Morgan fingerprint density at radius 1 is 0.647 bits per heavy atom. The average Bonchev–Trinajstić information content (AvgIpc) is 3.24. The Kier molecular flexibility index (Phi) is 6.73. The predicted octanol–water partition coefficient (Wildman–Crippen LogP) is 9.84. The third-order valence-electron chi connectivity index (χ3n) is 6.62. The van der Waals surface area contributed by atoms with Crippen LogP contribution in [0.1, 0.15) is 46.7 Å². The topological polar surface area (TPSA) is 0 Å². The Labute approximate surface area is 218 Å². The summed E-state index contributed by atoms with van der Waals surface area (Å²) in [6, 6.07) is 34.6. The fourth-order valence-corrected chi connectivity index (χ4v) is 10.2. The first-order valence-electron chi connectivity index (χ1n) is 11.6. The summed E-state index contributed by atoms with van der Waals surface area (Å²) in [7, 11) is 13.7. The molecular formula is C31H27Cl2Zr. The van der Waals surface area contributed by atoms with Crippen LogP contribution in [0.15, 0.2) is 97.1 Å². The van der Waals surface area contributed by atoms with Crippen LogP contribution in [0.4, 0.5) is 0 Å². The van der Waals surface area contributed by atoms with E-state index in [1.807, 2.05) is 0 Å². The summed E-state index contributed by atoms with van der Waals surface area (Å²) in [5.74, 6) is 0. The third-order valence-corrected chi connectivity index (χ3v) is 11.8. The van der Waals surface area contributed by atoms with Crippen LogP contribution in [0, 0.1) is 0 Å². The second kappa shape index (κ2) is 9.62. The molecule has 0 nitrogen and oxygen atoms in total. The molecule has 0 saturated heterocycles. The molecule has 0 spiro atoms. The van der Waals surface area contributed by atoms with Crippen molar-refractivity contribution >= 4 is 28.7 Å². The molecule has 5 rings (SSSR count). The van der Waals surface area contributed by atoms with Crippen molar-refractivity contribution in [3.8, 4) is 22.3 Å². The standard InChI is InChI=1S/C31H27.2ClH.Zr/c1-31(2,3)29-19-18-24-20-25(22-12-6-4-7-13-22)21-28(24)30(29)27-17-11-10-16-26(27)23-14-8-5-9-15-23;;;/h4-21H,1-3H3;2*1H;/q;;;+2/p-2. The molecule has 0 radical (unpaired) electrons. The molecule has 0 saturated carbocycles. The molecule has 34 heavy (non-hydrogen) atoms. The van der Waals surface area contributed by atoms with E-state index in [4.69, 9.17) is 17.0 Å². The number of hydrogen-bond donors (Lipinski definition) is 0. The van der Waals surface area contributed by atoms with E-state index < -0.39 is 19.4 Å². The van der Waals surface area contributed by atoms with Gasteiger partial charge in [0.05, 0.1) is 0 Å². The molecule has 4 aromatic carbocycles. The van der Waals surface area contributed by atoms with Crippen molar-refractivity contribution in [2.75, 3.05) is 0 Å². The van der Waals surface area contributed by atoms with Gasteiger partial charge in [0.2, 0.25) is 0 Å². The molecular weight excluding hydrogens is 534 g/mol. The minimum atomic E-state index is -2.69. The van der Waals surface area contributed by atoms with E-state index in [-0.39, 0.29) is 9.04 Å². The molecule has 1 unspecified atom stereocenters. The van der Waals surface area contributed by atoms with Crippen LogP contribution in [0.25, 0.3) is 33.9 Å². The summed E-state index contributed by atoms with van der Waals surface area (Å²) < 4.78 is 0.125. The van der Waals surface area contributed by atoms with Crippen LogP contribution in [0.2, 0.25) is 0 Å². The van der Waals surface area contributed by atoms with Gasteiger partial charge in [0.15, 0.2) is 0 Å². The monoisotopic (exact) mass is 559 g/mol. The molecule has 1 aliphatic carbocycles. The van der Waals surface area contributed by atoms with E-state index in [9.17, 15) is 0 Å². The maximum absolute atomic E-state index is 6.83. The second-order valence-corrected chi connectivity index (χ2v) is 18.6. The second-order valence-electron chi connectivity index (χ2n) is 9.84. The Hall–Kier alpha value is -1.92. The minimum absolute atomic E-state index is 0.0173. The first-order valence-corrected chi connectivity index (χ1v) is 19.4. The van der Waals surface area contributed by atoms with E-state index in [0.29, 0.717) is 0 Å². The molecule has 4 aromatic rings. The van der Waals surface area contributed by atoms with Gasteiger partial charge in [-0.2, -0.15) is 0 Å². The van der Waals surface area contributed by atoms with Gasteiger partial charge in [-0.15, -0.1) is 0 Å². The number of benzene rings is 4. The van der Waals surface area contributed by atoms with Crippen molar-refractivity contribution in [2.24, 2.45) is 0 Å². The fraction of sp³-hybridized carbons (Fsp3) is 0.161. The van der Waals surface area contributed by atoms with Crippen molar-refractivity contribution in [3.05, 3.63) is 119 Å². The Bertz CT molecular complexity index is 1350. The van der Waals surface area contributed by atoms with Crippen molar-refractivity contribution in [1.82, 2.24) is 0 Å². The number of halogens is 2. The van der Waals surface area contributed by atoms with Gasteiger partial charge in [-0.1, -0.05) is 0 Å². The molecule has 0 bridgehead atoms. The van der Waals surface area contributed by atoms with E-state index in [0.717, 1.165) is 0 Å². The van der Waals surface area contributed by atoms with Crippen LogP contribution in [-0.4, -0.2) is 0 Å². The van der Waals surface area contributed by atoms with Gasteiger partial charge in [0.25, 0.3) is 0 Å². The normalized spacial score (nSPS) is 15.1. The summed E-state index contributed by atoms with van der Waals surface area (Å²) in [4.78, 5) is 0. The summed E-state index contributed by atoms with van der Waals surface area (Å²) in [5, 5.41) is 0. The van der Waals surface area contributed by atoms with Gasteiger partial charge < -0.3 is 0 Å². The average molecular weight is 562 g/mol. The molecule has 169 valence electrons. The Balaban J connectivity index is 1.84. The molecule has 1 atom stereocenters. The molecule has 0 heterocycles. The first-order chi connectivity index (χ1) is 16.4. The third kappa shape index (κ3) is 4.40. The van der Waals surface area contributed by atoms with Gasteiger partial charge in [-0.05, 0) is 0 Å². The van der Waals surface area contributed by atoms with E-state index >= 15 is 0 Å². The summed E-state index contributed by atoms with van der Waals surface area (Å²) in [6.07, 6.45) is 2.37. The zero-order valence-corrected chi connectivity index (χ0v) is 23.6. The van der Waals surface area contributed by atoms with E-state index in [1.165, 1.54) is 50.1 Å². The molecule has 0 aromatic heterocycles. The summed E-state index contributed by atoms with van der Waals surface area (Å²) >= 11 is -2.69. The van der Waals surface area contributed by atoms with Crippen LogP contribution in [0.5, 0.6) is 0 Å². The van der Waals surface area contributed by atoms with Gasteiger partial charge in [0.1, 0.15) is 0 Å². The number of rotatable bonds is 4. The van der Waals surface area contributed by atoms with Crippen molar-refractivity contribution in [3.63, 3.8) is 0 Å². The van der Waals surface area contributed by atoms with E-state index in [2.05, 4.69) is 124 Å².